The molecule has 0 saturated carbocycles. The fourth-order valence-corrected chi connectivity index (χ4v) is 7.16. The molecule has 4 N–H and O–H groups in total. The van der Waals surface area contributed by atoms with Crippen LogP contribution in [0.5, 0.6) is 5.75 Å². The first-order valence-corrected chi connectivity index (χ1v) is 16.3. The van der Waals surface area contributed by atoms with Crippen molar-refractivity contribution in [3.63, 3.8) is 0 Å². The summed E-state index contributed by atoms with van der Waals surface area (Å²) in [4.78, 5) is 1.86. The van der Waals surface area contributed by atoms with Crippen molar-refractivity contribution in [2.24, 2.45) is 5.73 Å². The molecular weight excluding hydrogens is 607 g/mol. The maximum atomic E-state index is 15.1. The molecule has 0 spiro atoms. The average molecular weight is 644 g/mol. The first kappa shape index (κ1) is 34.5. The van der Waals surface area contributed by atoms with E-state index in [0.717, 1.165) is 26.7 Å². The Kier molecular flexibility index (Phi) is 12.8. The summed E-state index contributed by atoms with van der Waals surface area (Å²) in [5.41, 5.74) is 1.36. The van der Waals surface area contributed by atoms with Crippen LogP contribution in [0, 0.1) is 0 Å². The van der Waals surface area contributed by atoms with Crippen LogP contribution in [-0.4, -0.2) is 47.3 Å². The Hall–Kier alpha value is -2.01. The summed E-state index contributed by atoms with van der Waals surface area (Å²) in [5, 5.41) is 20.9. The third-order valence-corrected chi connectivity index (χ3v) is 10.0. The zero-order valence-corrected chi connectivity index (χ0v) is 26.0. The van der Waals surface area contributed by atoms with Gasteiger partial charge in [0, 0.05) is 14.8 Å². The Balaban J connectivity index is 1.61. The minimum atomic E-state index is -5.05. The number of nitrogens with two attached hydrogens (primary N) is 1. The maximum Gasteiger partial charge on any atom is 0.402 e. The van der Waals surface area contributed by atoms with Gasteiger partial charge in [0.2, 0.25) is 0 Å². The van der Waals surface area contributed by atoms with E-state index in [1.165, 1.54) is 25.6 Å². The summed E-state index contributed by atoms with van der Waals surface area (Å²) in [5.74, 6) is 0.743. The van der Waals surface area contributed by atoms with Crippen LogP contribution in [0.15, 0.2) is 82.6 Å². The summed E-state index contributed by atoms with van der Waals surface area (Å²) in [6.45, 7) is 1.60. The molecule has 0 aliphatic rings. The van der Waals surface area contributed by atoms with E-state index in [4.69, 9.17) is 31.1 Å². The van der Waals surface area contributed by atoms with Gasteiger partial charge in [-0.2, -0.15) is 8.78 Å². The van der Waals surface area contributed by atoms with Gasteiger partial charge in [-0.15, -0.1) is 0 Å². The van der Waals surface area contributed by atoms with Gasteiger partial charge in [-0.25, -0.2) is 0 Å². The molecule has 42 heavy (non-hydrogen) atoms. The number of alkyl halides is 2. The first-order chi connectivity index (χ1) is 20.0. The molecule has 12 heteroatoms. The number of aliphatic hydroxyl groups excluding tert-OH is 2. The van der Waals surface area contributed by atoms with Crippen molar-refractivity contribution < 1.29 is 37.3 Å². The highest BCUT2D eigenvalue weighted by atomic mass is 35.5. The molecule has 0 saturated heterocycles. The van der Waals surface area contributed by atoms with Crippen LogP contribution in [0.3, 0.4) is 0 Å². The summed E-state index contributed by atoms with van der Waals surface area (Å²) >= 11 is 8.05. The predicted octanol–water partition coefficient (Wildman–Crippen LogP) is 7.30. The molecule has 230 valence electrons. The number of ether oxygens (including phenoxy) is 1. The van der Waals surface area contributed by atoms with Gasteiger partial charge >= 0.3 is 13.3 Å². The largest absolute Gasteiger partial charge is 0.489 e. The van der Waals surface area contributed by atoms with Crippen molar-refractivity contribution in [3.05, 3.63) is 88.9 Å². The lowest BCUT2D eigenvalue weighted by molar-refractivity contribution is -0.110. The summed E-state index contributed by atoms with van der Waals surface area (Å²) in [6.07, 6.45) is -2.33. The molecular formula is C30H37ClF2NO6PS. The average Bonchev–Trinajstić information content (AvgIpc) is 2.97. The molecule has 2 atom stereocenters. The van der Waals surface area contributed by atoms with Gasteiger partial charge in [0.05, 0.1) is 25.4 Å². The SMILES string of the molecule is CCOP(=O)(OCC)C(F)(F)C(O)C(N)(CO)CCCc1ccc(Sc2cccc(OCc3ccccc3)c2)cc1Cl. The van der Waals surface area contributed by atoms with E-state index in [1.807, 2.05) is 72.8 Å². The molecule has 3 aromatic carbocycles. The second-order valence-electron chi connectivity index (χ2n) is 9.67. The molecule has 2 unspecified atom stereocenters. The van der Waals surface area contributed by atoms with E-state index in [2.05, 4.69) is 0 Å². The molecule has 0 bridgehead atoms. The van der Waals surface area contributed by atoms with Crippen LogP contribution in [-0.2, 0) is 26.6 Å². The molecule has 3 rings (SSSR count). The Bertz CT molecular complexity index is 1330. The van der Waals surface area contributed by atoms with Gasteiger partial charge in [0.1, 0.15) is 18.5 Å². The third kappa shape index (κ3) is 8.77. The normalized spacial score (nSPS) is 14.4. The lowest BCUT2D eigenvalue weighted by Gasteiger charge is -2.39. The van der Waals surface area contributed by atoms with E-state index in [-0.39, 0.29) is 26.1 Å². The Morgan fingerprint density at radius 1 is 1.00 bits per heavy atom. The van der Waals surface area contributed by atoms with Gasteiger partial charge in [-0.05, 0) is 74.6 Å². The molecule has 0 fully saturated rings. The van der Waals surface area contributed by atoms with E-state index in [9.17, 15) is 14.8 Å². The Morgan fingerprint density at radius 3 is 2.29 bits per heavy atom. The van der Waals surface area contributed by atoms with Crippen LogP contribution in [0.1, 0.15) is 37.8 Å². The van der Waals surface area contributed by atoms with Gasteiger partial charge < -0.3 is 29.7 Å². The quantitative estimate of drug-likeness (QED) is 0.131. The molecule has 0 aromatic heterocycles. The fourth-order valence-electron chi connectivity index (χ4n) is 4.25. The molecule has 0 aliphatic heterocycles. The maximum absolute atomic E-state index is 15.1. The summed E-state index contributed by atoms with van der Waals surface area (Å²) < 4.78 is 58.4. The number of aryl methyl sites for hydroxylation is 1. The first-order valence-electron chi connectivity index (χ1n) is 13.6. The van der Waals surface area contributed by atoms with Crippen molar-refractivity contribution in [3.8, 4) is 5.75 Å². The summed E-state index contributed by atoms with van der Waals surface area (Å²) in [6, 6.07) is 23.1. The van der Waals surface area contributed by atoms with Gasteiger partial charge in [0.15, 0.2) is 0 Å². The molecule has 3 aromatic rings. The fraction of sp³-hybridized carbons (Fsp3) is 0.400. The van der Waals surface area contributed by atoms with Gasteiger partial charge in [-0.3, -0.25) is 4.57 Å². The lowest BCUT2D eigenvalue weighted by atomic mass is 9.87. The minimum Gasteiger partial charge on any atom is -0.489 e. The topological polar surface area (TPSA) is 111 Å². The monoisotopic (exact) mass is 643 g/mol. The molecule has 0 radical (unpaired) electrons. The van der Waals surface area contributed by atoms with Crippen LogP contribution in [0.4, 0.5) is 8.78 Å². The zero-order valence-electron chi connectivity index (χ0n) is 23.5. The highest BCUT2D eigenvalue weighted by molar-refractivity contribution is 7.99. The smallest absolute Gasteiger partial charge is 0.402 e. The van der Waals surface area contributed by atoms with Crippen LogP contribution in [0.2, 0.25) is 5.02 Å². The van der Waals surface area contributed by atoms with Crippen molar-refractivity contribution in [1.29, 1.82) is 0 Å². The van der Waals surface area contributed by atoms with Gasteiger partial charge in [0.25, 0.3) is 0 Å². The standard InChI is InChI=1S/C30H37ClF2NO6PS/c1-3-39-41(37,40-4-2)30(32,33)28(36)29(34,21-35)17-9-12-23-15-16-26(19-27(23)31)42-25-14-8-13-24(18-25)38-20-22-10-6-5-7-11-22/h5-8,10-11,13-16,18-19,28,35-36H,3-4,9,12,17,20-21,34H2,1-2H3. The molecule has 0 heterocycles. The minimum absolute atomic E-state index is 0.207. The molecule has 7 nitrogen and oxygen atoms in total. The van der Waals surface area contributed by atoms with Crippen molar-refractivity contribution in [2.45, 2.75) is 66.8 Å². The summed E-state index contributed by atoms with van der Waals surface area (Å²) in [7, 11) is -5.05. The Labute approximate surface area is 254 Å². The van der Waals surface area contributed by atoms with E-state index in [0.29, 0.717) is 18.1 Å². The molecule has 0 aliphatic carbocycles. The number of hydrogen-bond acceptors (Lipinski definition) is 8. The van der Waals surface area contributed by atoms with Crippen LogP contribution < -0.4 is 10.5 Å². The second-order valence-corrected chi connectivity index (χ2v) is 13.3. The van der Waals surface area contributed by atoms with Crippen LogP contribution in [0.25, 0.3) is 0 Å². The van der Waals surface area contributed by atoms with Crippen molar-refractivity contribution >= 4 is 31.0 Å². The number of halogens is 3. The lowest BCUT2D eigenvalue weighted by Crippen LogP contribution is -2.61. The van der Waals surface area contributed by atoms with Crippen molar-refractivity contribution in [2.75, 3.05) is 19.8 Å². The molecule has 0 amide bonds. The van der Waals surface area contributed by atoms with E-state index >= 15 is 8.78 Å². The highest BCUT2D eigenvalue weighted by Crippen LogP contribution is 2.64. The number of aliphatic hydroxyl groups is 2. The van der Waals surface area contributed by atoms with E-state index in [1.54, 1.807) is 0 Å². The number of hydrogen-bond donors (Lipinski definition) is 3. The number of rotatable bonds is 17. The second kappa shape index (κ2) is 15.6. The zero-order chi connectivity index (χ0) is 30.8. The highest BCUT2D eigenvalue weighted by Gasteiger charge is 2.63. The van der Waals surface area contributed by atoms with Crippen LogP contribution >= 0.6 is 31.0 Å². The third-order valence-electron chi connectivity index (χ3n) is 6.53. The van der Waals surface area contributed by atoms with Crippen molar-refractivity contribution in [1.82, 2.24) is 0 Å². The van der Waals surface area contributed by atoms with E-state index < -0.39 is 31.5 Å². The predicted molar refractivity (Wildman–Crippen MR) is 162 cm³/mol. The Morgan fingerprint density at radius 2 is 1.67 bits per heavy atom. The number of benzene rings is 3. The van der Waals surface area contributed by atoms with Gasteiger partial charge in [-0.1, -0.05) is 65.8 Å².